The van der Waals surface area contributed by atoms with Crippen molar-refractivity contribution in [1.29, 1.82) is 0 Å². The molecule has 0 aliphatic heterocycles. The molecule has 4 nitrogen and oxygen atoms in total. The zero-order valence-corrected chi connectivity index (χ0v) is 8.87. The highest BCUT2D eigenvalue weighted by atomic mass is 19.3. The van der Waals surface area contributed by atoms with Crippen LogP contribution in [0.1, 0.15) is 36.7 Å². The maximum atomic E-state index is 12.8. The first-order chi connectivity index (χ1) is 7.55. The molecular weight excluding hydrogens is 214 g/mol. The summed E-state index contributed by atoms with van der Waals surface area (Å²) >= 11 is 0. The fourth-order valence-electron chi connectivity index (χ4n) is 2.53. The van der Waals surface area contributed by atoms with E-state index in [0.29, 0.717) is 0 Å². The van der Waals surface area contributed by atoms with Crippen LogP contribution in [0, 0.1) is 0 Å². The third kappa shape index (κ3) is 1.52. The lowest BCUT2D eigenvalue weighted by Gasteiger charge is -2.35. The lowest BCUT2D eigenvalue weighted by Crippen LogP contribution is -2.39. The Morgan fingerprint density at radius 1 is 1.38 bits per heavy atom. The number of nitrogens with zero attached hydrogens (tertiary/aromatic N) is 3. The van der Waals surface area contributed by atoms with Crippen molar-refractivity contribution < 1.29 is 8.78 Å². The van der Waals surface area contributed by atoms with Gasteiger partial charge in [0.25, 0.3) is 5.92 Å². The molecule has 1 atom stereocenters. The number of hydrogen-bond donors (Lipinski definition) is 1. The first-order valence-electron chi connectivity index (χ1n) is 5.61. The summed E-state index contributed by atoms with van der Waals surface area (Å²) in [5, 5.41) is 8.04. The summed E-state index contributed by atoms with van der Waals surface area (Å²) in [6.07, 6.45) is 2.22. The Labute approximate surface area is 91.8 Å². The number of nitrogens with two attached hydrogens (primary N) is 1. The van der Waals surface area contributed by atoms with E-state index in [2.05, 4.69) is 10.3 Å². The topological polar surface area (TPSA) is 56.7 Å². The van der Waals surface area contributed by atoms with Gasteiger partial charge in [0.1, 0.15) is 0 Å². The molecule has 0 radical (unpaired) electrons. The van der Waals surface area contributed by atoms with E-state index < -0.39 is 5.92 Å². The highest BCUT2D eigenvalue weighted by molar-refractivity contribution is 5.17. The van der Waals surface area contributed by atoms with Crippen LogP contribution < -0.4 is 5.73 Å². The lowest BCUT2D eigenvalue weighted by atomic mass is 9.87. The van der Waals surface area contributed by atoms with Crippen molar-refractivity contribution in [3.63, 3.8) is 0 Å². The summed E-state index contributed by atoms with van der Waals surface area (Å²) < 4.78 is 27.3. The first-order valence-corrected chi connectivity index (χ1v) is 5.61. The number of halogens is 2. The summed E-state index contributed by atoms with van der Waals surface area (Å²) in [5.74, 6) is -2.51. The van der Waals surface area contributed by atoms with Crippen LogP contribution in [0.25, 0.3) is 0 Å². The van der Waals surface area contributed by atoms with Crippen LogP contribution in [-0.4, -0.2) is 27.0 Å². The van der Waals surface area contributed by atoms with Crippen LogP contribution in [0.15, 0.2) is 0 Å². The number of fused-ring (bicyclic) bond motifs is 1. The first kappa shape index (κ1) is 10.1. The molecule has 0 bridgehead atoms. The van der Waals surface area contributed by atoms with Crippen molar-refractivity contribution in [1.82, 2.24) is 15.0 Å². The number of rotatable bonds is 1. The van der Waals surface area contributed by atoms with Gasteiger partial charge in [-0.1, -0.05) is 5.21 Å². The van der Waals surface area contributed by atoms with Crippen LogP contribution in [0.2, 0.25) is 0 Å². The van der Waals surface area contributed by atoms with Gasteiger partial charge in [-0.3, -0.25) is 0 Å². The number of hydrogen-bond acceptors (Lipinski definition) is 3. The minimum atomic E-state index is -2.51. The van der Waals surface area contributed by atoms with Crippen LogP contribution in [-0.2, 0) is 12.8 Å². The maximum absolute atomic E-state index is 12.8. The van der Waals surface area contributed by atoms with E-state index in [-0.39, 0.29) is 24.9 Å². The summed E-state index contributed by atoms with van der Waals surface area (Å²) in [7, 11) is 0. The molecule has 1 fully saturated rings. The lowest BCUT2D eigenvalue weighted by molar-refractivity contribution is -0.107. The van der Waals surface area contributed by atoms with Gasteiger partial charge < -0.3 is 5.73 Å². The van der Waals surface area contributed by atoms with E-state index in [9.17, 15) is 8.78 Å². The molecule has 1 aromatic rings. The van der Waals surface area contributed by atoms with Gasteiger partial charge in [-0.25, -0.2) is 13.5 Å². The molecule has 6 heteroatoms. The van der Waals surface area contributed by atoms with Crippen molar-refractivity contribution in [2.75, 3.05) is 0 Å². The summed E-state index contributed by atoms with van der Waals surface area (Å²) in [4.78, 5) is 0. The average molecular weight is 228 g/mol. The van der Waals surface area contributed by atoms with Gasteiger partial charge in [0.15, 0.2) is 0 Å². The standard InChI is InChI=1S/C10H14F2N4/c11-10(12)4-7(5-10)16-9-2-1-6(13)3-8(9)14-15-16/h6-7H,1-5,13H2. The van der Waals surface area contributed by atoms with Gasteiger partial charge in [-0.05, 0) is 12.8 Å². The van der Waals surface area contributed by atoms with E-state index in [1.54, 1.807) is 4.68 Å². The van der Waals surface area contributed by atoms with Gasteiger partial charge in [0, 0.05) is 25.3 Å². The normalized spacial score (nSPS) is 28.6. The van der Waals surface area contributed by atoms with Gasteiger partial charge in [-0.15, -0.1) is 5.10 Å². The Bertz CT molecular complexity index is 407. The van der Waals surface area contributed by atoms with E-state index in [4.69, 9.17) is 5.73 Å². The monoisotopic (exact) mass is 228 g/mol. The zero-order valence-electron chi connectivity index (χ0n) is 8.87. The van der Waals surface area contributed by atoms with Crippen LogP contribution in [0.4, 0.5) is 8.78 Å². The highest BCUT2D eigenvalue weighted by Gasteiger charge is 2.47. The van der Waals surface area contributed by atoms with E-state index in [1.807, 2.05) is 0 Å². The predicted molar refractivity (Wildman–Crippen MR) is 53.2 cm³/mol. The molecule has 0 amide bonds. The van der Waals surface area contributed by atoms with Crippen molar-refractivity contribution >= 4 is 0 Å². The van der Waals surface area contributed by atoms with E-state index in [0.717, 1.165) is 30.7 Å². The molecule has 1 unspecified atom stereocenters. The Kier molecular flexibility index (Phi) is 2.04. The minimum Gasteiger partial charge on any atom is -0.327 e. The predicted octanol–water partition coefficient (Wildman–Crippen LogP) is 1.06. The third-order valence-corrected chi connectivity index (χ3v) is 3.49. The third-order valence-electron chi connectivity index (χ3n) is 3.49. The smallest absolute Gasteiger partial charge is 0.252 e. The van der Waals surface area contributed by atoms with Gasteiger partial charge in [-0.2, -0.15) is 0 Å². The Hall–Kier alpha value is -1.04. The fraction of sp³-hybridized carbons (Fsp3) is 0.800. The van der Waals surface area contributed by atoms with Crippen molar-refractivity contribution in [2.24, 2.45) is 5.73 Å². The minimum absolute atomic E-state index is 0.102. The fourth-order valence-corrected chi connectivity index (χ4v) is 2.53. The van der Waals surface area contributed by atoms with Crippen LogP contribution in [0.5, 0.6) is 0 Å². The van der Waals surface area contributed by atoms with E-state index in [1.165, 1.54) is 0 Å². The maximum Gasteiger partial charge on any atom is 0.252 e. The van der Waals surface area contributed by atoms with Crippen molar-refractivity contribution in [3.05, 3.63) is 11.4 Å². The van der Waals surface area contributed by atoms with E-state index >= 15 is 0 Å². The highest BCUT2D eigenvalue weighted by Crippen LogP contribution is 2.45. The van der Waals surface area contributed by atoms with Gasteiger partial charge in [0.05, 0.1) is 17.4 Å². The quantitative estimate of drug-likeness (QED) is 0.782. The Morgan fingerprint density at radius 3 is 2.81 bits per heavy atom. The molecule has 3 rings (SSSR count). The van der Waals surface area contributed by atoms with Gasteiger partial charge in [0.2, 0.25) is 0 Å². The molecule has 0 spiro atoms. The van der Waals surface area contributed by atoms with Crippen molar-refractivity contribution in [3.8, 4) is 0 Å². The summed E-state index contributed by atoms with van der Waals surface area (Å²) in [5.41, 5.74) is 7.74. The van der Waals surface area contributed by atoms with Crippen LogP contribution in [0.3, 0.4) is 0 Å². The molecule has 88 valence electrons. The second-order valence-electron chi connectivity index (χ2n) is 4.85. The summed E-state index contributed by atoms with van der Waals surface area (Å²) in [6.45, 7) is 0. The second kappa shape index (κ2) is 3.23. The molecule has 2 aliphatic carbocycles. The number of aromatic nitrogens is 3. The largest absolute Gasteiger partial charge is 0.327 e. The molecule has 0 aromatic carbocycles. The van der Waals surface area contributed by atoms with Crippen LogP contribution >= 0.6 is 0 Å². The zero-order chi connectivity index (χ0) is 11.3. The Balaban J connectivity index is 1.82. The molecule has 1 aromatic heterocycles. The molecule has 1 heterocycles. The molecule has 16 heavy (non-hydrogen) atoms. The SMILES string of the molecule is NC1CCc2c(nnn2C2CC(F)(F)C2)C1. The molecule has 0 saturated heterocycles. The number of alkyl halides is 2. The average Bonchev–Trinajstić information content (AvgIpc) is 2.56. The Morgan fingerprint density at radius 2 is 2.12 bits per heavy atom. The van der Waals surface area contributed by atoms with Crippen molar-refractivity contribution in [2.45, 2.75) is 50.1 Å². The summed E-state index contributed by atoms with van der Waals surface area (Å²) in [6, 6.07) is -0.0268. The second-order valence-corrected chi connectivity index (χ2v) is 4.85. The molecular formula is C10H14F2N4. The molecule has 1 saturated carbocycles. The molecule has 2 aliphatic rings. The van der Waals surface area contributed by atoms with Gasteiger partial charge >= 0.3 is 0 Å². The molecule has 2 N–H and O–H groups in total.